The van der Waals surface area contributed by atoms with Crippen LogP contribution in [-0.2, 0) is 0 Å². The molecule has 0 amide bonds. The first-order valence-corrected chi connectivity index (χ1v) is 6.44. The van der Waals surface area contributed by atoms with E-state index in [9.17, 15) is 14.9 Å². The van der Waals surface area contributed by atoms with E-state index in [-0.39, 0.29) is 17.3 Å². The number of carboxylic acid groups (broad SMARTS) is 1. The van der Waals surface area contributed by atoms with Crippen LogP contribution in [-0.4, -0.2) is 47.1 Å². The van der Waals surface area contributed by atoms with Crippen molar-refractivity contribution >= 4 is 17.3 Å². The Morgan fingerprint density at radius 3 is 2.90 bits per heavy atom. The summed E-state index contributed by atoms with van der Waals surface area (Å²) in [5.74, 6) is -1.09. The van der Waals surface area contributed by atoms with Gasteiger partial charge in [0.2, 0.25) is 0 Å². The SMILES string of the molecule is CN1CCCC(Nc2cc([N+](=O)[O-])ccc2C(=O)O)C1. The quantitative estimate of drug-likeness (QED) is 0.644. The standard InChI is InChI=1S/C13H17N3O4/c1-15-6-2-3-9(8-15)14-12-7-10(16(19)20)4-5-11(12)13(17)18/h4-5,7,9,14H,2-3,6,8H2,1H3,(H,17,18). The molecule has 7 nitrogen and oxygen atoms in total. The molecule has 108 valence electrons. The van der Waals surface area contributed by atoms with Crippen molar-refractivity contribution in [3.63, 3.8) is 0 Å². The van der Waals surface area contributed by atoms with Gasteiger partial charge in [0.1, 0.15) is 0 Å². The number of nitrogens with zero attached hydrogens (tertiary/aromatic N) is 2. The number of hydrogen-bond donors (Lipinski definition) is 2. The Kier molecular flexibility index (Phi) is 4.19. The van der Waals surface area contributed by atoms with Crippen LogP contribution in [0.4, 0.5) is 11.4 Å². The highest BCUT2D eigenvalue weighted by Crippen LogP contribution is 2.25. The molecule has 0 saturated carbocycles. The van der Waals surface area contributed by atoms with E-state index < -0.39 is 10.9 Å². The van der Waals surface area contributed by atoms with Crippen LogP contribution in [0.25, 0.3) is 0 Å². The van der Waals surface area contributed by atoms with Gasteiger partial charge in [0.15, 0.2) is 0 Å². The molecular formula is C13H17N3O4. The molecule has 2 rings (SSSR count). The van der Waals surface area contributed by atoms with Gasteiger partial charge in [0, 0.05) is 24.7 Å². The highest BCUT2D eigenvalue weighted by molar-refractivity contribution is 5.94. The minimum Gasteiger partial charge on any atom is -0.478 e. The van der Waals surface area contributed by atoms with Gasteiger partial charge in [-0.05, 0) is 32.5 Å². The molecule has 1 aliphatic rings. The number of carbonyl (C=O) groups is 1. The van der Waals surface area contributed by atoms with Crippen molar-refractivity contribution < 1.29 is 14.8 Å². The molecule has 1 aliphatic heterocycles. The fourth-order valence-corrected chi connectivity index (χ4v) is 2.46. The third kappa shape index (κ3) is 3.24. The fraction of sp³-hybridized carbons (Fsp3) is 0.462. The van der Waals surface area contributed by atoms with Crippen LogP contribution in [0, 0.1) is 10.1 Å². The molecule has 0 radical (unpaired) electrons. The first-order chi connectivity index (χ1) is 9.47. The predicted octanol–water partition coefficient (Wildman–Crippen LogP) is 1.80. The topological polar surface area (TPSA) is 95.7 Å². The van der Waals surface area contributed by atoms with Gasteiger partial charge in [0.05, 0.1) is 16.2 Å². The van der Waals surface area contributed by atoms with E-state index in [1.807, 2.05) is 7.05 Å². The minimum absolute atomic E-state index is 0.0591. The van der Waals surface area contributed by atoms with Gasteiger partial charge in [-0.1, -0.05) is 0 Å². The van der Waals surface area contributed by atoms with Crippen LogP contribution in [0.5, 0.6) is 0 Å². The van der Waals surface area contributed by atoms with Crippen LogP contribution in [0.3, 0.4) is 0 Å². The van der Waals surface area contributed by atoms with Crippen LogP contribution in [0.1, 0.15) is 23.2 Å². The lowest BCUT2D eigenvalue weighted by Gasteiger charge is -2.31. The summed E-state index contributed by atoms with van der Waals surface area (Å²) in [5.41, 5.74) is 0.262. The number of nitro groups is 1. The number of nitrogens with one attached hydrogen (secondary N) is 1. The van der Waals surface area contributed by atoms with E-state index in [0.29, 0.717) is 5.69 Å². The van der Waals surface area contributed by atoms with Gasteiger partial charge >= 0.3 is 5.97 Å². The van der Waals surface area contributed by atoms with E-state index in [1.54, 1.807) is 0 Å². The molecule has 0 aliphatic carbocycles. The zero-order chi connectivity index (χ0) is 14.7. The molecule has 0 spiro atoms. The van der Waals surface area contributed by atoms with Gasteiger partial charge in [-0.3, -0.25) is 10.1 Å². The number of anilines is 1. The summed E-state index contributed by atoms with van der Waals surface area (Å²) < 4.78 is 0. The van der Waals surface area contributed by atoms with Gasteiger partial charge in [-0.15, -0.1) is 0 Å². The Labute approximate surface area is 116 Å². The lowest BCUT2D eigenvalue weighted by atomic mass is 10.0. The van der Waals surface area contributed by atoms with Gasteiger partial charge in [0.25, 0.3) is 5.69 Å². The van der Waals surface area contributed by atoms with E-state index in [0.717, 1.165) is 25.9 Å². The van der Waals surface area contributed by atoms with E-state index in [4.69, 9.17) is 5.11 Å². The number of rotatable bonds is 4. The second kappa shape index (κ2) is 5.87. The van der Waals surface area contributed by atoms with Crippen molar-refractivity contribution in [2.75, 3.05) is 25.5 Å². The second-order valence-corrected chi connectivity index (χ2v) is 5.04. The number of carboxylic acids is 1. The molecule has 1 aromatic carbocycles. The van der Waals surface area contributed by atoms with Gasteiger partial charge < -0.3 is 15.3 Å². The monoisotopic (exact) mass is 279 g/mol. The van der Waals surface area contributed by atoms with Crippen molar-refractivity contribution in [2.45, 2.75) is 18.9 Å². The average molecular weight is 279 g/mol. The van der Waals surface area contributed by atoms with Crippen molar-refractivity contribution in [3.8, 4) is 0 Å². The Balaban J connectivity index is 2.25. The lowest BCUT2D eigenvalue weighted by Crippen LogP contribution is -2.40. The molecule has 7 heteroatoms. The normalized spacial score (nSPS) is 19.6. The summed E-state index contributed by atoms with van der Waals surface area (Å²) in [4.78, 5) is 23.6. The number of likely N-dealkylation sites (N-methyl/N-ethyl adjacent to an activating group) is 1. The molecule has 1 fully saturated rings. The summed E-state index contributed by atoms with van der Waals surface area (Å²) in [5, 5.41) is 23.1. The molecule has 0 bridgehead atoms. The third-order valence-electron chi connectivity index (χ3n) is 3.43. The molecule has 1 saturated heterocycles. The molecule has 1 unspecified atom stereocenters. The zero-order valence-electron chi connectivity index (χ0n) is 11.2. The van der Waals surface area contributed by atoms with Crippen LogP contribution in [0.2, 0.25) is 0 Å². The number of nitro benzene ring substituents is 1. The highest BCUT2D eigenvalue weighted by Gasteiger charge is 2.21. The number of benzene rings is 1. The molecule has 20 heavy (non-hydrogen) atoms. The van der Waals surface area contributed by atoms with Gasteiger partial charge in [-0.2, -0.15) is 0 Å². The summed E-state index contributed by atoms with van der Waals surface area (Å²) >= 11 is 0. The Morgan fingerprint density at radius 1 is 1.55 bits per heavy atom. The number of hydrogen-bond acceptors (Lipinski definition) is 5. The molecule has 1 heterocycles. The molecular weight excluding hydrogens is 262 g/mol. The Hall–Kier alpha value is -2.15. The molecule has 1 aromatic rings. The smallest absolute Gasteiger partial charge is 0.337 e. The maximum Gasteiger partial charge on any atom is 0.337 e. The zero-order valence-corrected chi connectivity index (χ0v) is 11.2. The average Bonchev–Trinajstić information content (AvgIpc) is 2.38. The van der Waals surface area contributed by atoms with Crippen LogP contribution >= 0.6 is 0 Å². The van der Waals surface area contributed by atoms with Gasteiger partial charge in [-0.25, -0.2) is 4.79 Å². The maximum absolute atomic E-state index is 11.2. The molecule has 1 atom stereocenters. The molecule has 0 aromatic heterocycles. The summed E-state index contributed by atoms with van der Waals surface area (Å²) in [6.07, 6.45) is 1.94. The van der Waals surface area contributed by atoms with E-state index in [1.165, 1.54) is 18.2 Å². The van der Waals surface area contributed by atoms with Crippen LogP contribution < -0.4 is 5.32 Å². The fourth-order valence-electron chi connectivity index (χ4n) is 2.46. The number of aromatic carboxylic acids is 1. The Bertz CT molecular complexity index is 532. The highest BCUT2D eigenvalue weighted by atomic mass is 16.6. The molecule has 2 N–H and O–H groups in total. The summed E-state index contributed by atoms with van der Waals surface area (Å²) in [6, 6.07) is 3.88. The number of non-ortho nitro benzene ring substituents is 1. The number of likely N-dealkylation sites (tertiary alicyclic amines) is 1. The maximum atomic E-state index is 11.2. The van der Waals surface area contributed by atoms with Crippen molar-refractivity contribution in [1.82, 2.24) is 4.90 Å². The summed E-state index contributed by atoms with van der Waals surface area (Å²) in [7, 11) is 2.00. The second-order valence-electron chi connectivity index (χ2n) is 5.04. The predicted molar refractivity (Wildman–Crippen MR) is 74.2 cm³/mol. The van der Waals surface area contributed by atoms with Crippen molar-refractivity contribution in [1.29, 1.82) is 0 Å². The van der Waals surface area contributed by atoms with Crippen LogP contribution in [0.15, 0.2) is 18.2 Å². The largest absolute Gasteiger partial charge is 0.478 e. The first kappa shape index (κ1) is 14.3. The lowest BCUT2D eigenvalue weighted by molar-refractivity contribution is -0.384. The first-order valence-electron chi connectivity index (χ1n) is 6.44. The van der Waals surface area contributed by atoms with Crippen molar-refractivity contribution in [2.24, 2.45) is 0 Å². The van der Waals surface area contributed by atoms with E-state index in [2.05, 4.69) is 10.2 Å². The Morgan fingerprint density at radius 2 is 2.30 bits per heavy atom. The summed E-state index contributed by atoms with van der Waals surface area (Å²) in [6.45, 7) is 1.81. The third-order valence-corrected chi connectivity index (χ3v) is 3.43. The minimum atomic E-state index is -1.09. The van der Waals surface area contributed by atoms with E-state index >= 15 is 0 Å². The van der Waals surface area contributed by atoms with Crippen molar-refractivity contribution in [3.05, 3.63) is 33.9 Å². The number of piperidine rings is 1.